The lowest BCUT2D eigenvalue weighted by Crippen LogP contribution is -2.05. The van der Waals surface area contributed by atoms with Crippen LogP contribution in [-0.2, 0) is 0 Å². The summed E-state index contributed by atoms with van der Waals surface area (Å²) in [5.41, 5.74) is 1.84. The van der Waals surface area contributed by atoms with Crippen LogP contribution in [0.1, 0.15) is 13.3 Å². The standard InChI is InChI=1S/C14H17N3O/c1-3-9-15-14-13(18-2)12(16-10-17-14)11-7-5-4-6-8-11/h4-8,10H,3,9H2,1-2H3,(H,15,16,17). The van der Waals surface area contributed by atoms with E-state index in [0.29, 0.717) is 5.75 Å². The van der Waals surface area contributed by atoms with E-state index in [-0.39, 0.29) is 0 Å². The second-order valence-corrected chi connectivity index (χ2v) is 3.90. The van der Waals surface area contributed by atoms with Gasteiger partial charge in [-0.05, 0) is 6.42 Å². The molecule has 0 radical (unpaired) electrons. The van der Waals surface area contributed by atoms with E-state index in [1.807, 2.05) is 30.3 Å². The van der Waals surface area contributed by atoms with Crippen LogP contribution in [0.25, 0.3) is 11.3 Å². The molecule has 2 aromatic rings. The number of methoxy groups -OCH3 is 1. The zero-order valence-electron chi connectivity index (χ0n) is 10.7. The Morgan fingerprint density at radius 2 is 1.94 bits per heavy atom. The van der Waals surface area contributed by atoms with Gasteiger partial charge in [-0.25, -0.2) is 9.97 Å². The Labute approximate surface area is 107 Å². The Morgan fingerprint density at radius 3 is 2.61 bits per heavy atom. The molecule has 1 N–H and O–H groups in total. The third-order valence-electron chi connectivity index (χ3n) is 2.60. The van der Waals surface area contributed by atoms with Crippen molar-refractivity contribution in [2.75, 3.05) is 19.0 Å². The zero-order chi connectivity index (χ0) is 12.8. The minimum absolute atomic E-state index is 0.692. The molecule has 0 atom stereocenters. The molecule has 4 heteroatoms. The Kier molecular flexibility index (Phi) is 4.12. The van der Waals surface area contributed by atoms with Crippen LogP contribution < -0.4 is 10.1 Å². The predicted molar refractivity (Wildman–Crippen MR) is 72.8 cm³/mol. The van der Waals surface area contributed by atoms with Crippen LogP contribution in [0.15, 0.2) is 36.7 Å². The molecule has 0 spiro atoms. The quantitative estimate of drug-likeness (QED) is 0.877. The van der Waals surface area contributed by atoms with Gasteiger partial charge in [0.2, 0.25) is 0 Å². The van der Waals surface area contributed by atoms with Gasteiger partial charge in [0.05, 0.1) is 7.11 Å². The number of ether oxygens (including phenoxy) is 1. The van der Waals surface area contributed by atoms with Crippen molar-refractivity contribution >= 4 is 5.82 Å². The summed E-state index contributed by atoms with van der Waals surface area (Å²) in [5, 5.41) is 3.25. The number of anilines is 1. The van der Waals surface area contributed by atoms with Crippen molar-refractivity contribution in [3.8, 4) is 17.0 Å². The van der Waals surface area contributed by atoms with Crippen molar-refractivity contribution in [1.82, 2.24) is 9.97 Å². The third kappa shape index (κ3) is 2.59. The first kappa shape index (κ1) is 12.4. The fourth-order valence-corrected chi connectivity index (χ4v) is 1.74. The van der Waals surface area contributed by atoms with E-state index in [4.69, 9.17) is 4.74 Å². The maximum absolute atomic E-state index is 5.44. The lowest BCUT2D eigenvalue weighted by molar-refractivity contribution is 0.414. The fourth-order valence-electron chi connectivity index (χ4n) is 1.74. The van der Waals surface area contributed by atoms with Gasteiger partial charge in [-0.1, -0.05) is 37.3 Å². The summed E-state index contributed by atoms with van der Waals surface area (Å²) in [4.78, 5) is 8.54. The van der Waals surface area contributed by atoms with Crippen LogP contribution in [0.2, 0.25) is 0 Å². The van der Waals surface area contributed by atoms with E-state index in [9.17, 15) is 0 Å². The summed E-state index contributed by atoms with van der Waals surface area (Å²) >= 11 is 0. The Hall–Kier alpha value is -2.10. The minimum Gasteiger partial charge on any atom is -0.491 e. The summed E-state index contributed by atoms with van der Waals surface area (Å²) in [6.45, 7) is 2.97. The maximum Gasteiger partial charge on any atom is 0.187 e. The Morgan fingerprint density at radius 1 is 1.17 bits per heavy atom. The van der Waals surface area contributed by atoms with Crippen molar-refractivity contribution in [3.63, 3.8) is 0 Å². The molecule has 0 aliphatic carbocycles. The Bertz CT molecular complexity index is 500. The molecule has 0 fully saturated rings. The fraction of sp³-hybridized carbons (Fsp3) is 0.286. The van der Waals surface area contributed by atoms with E-state index in [0.717, 1.165) is 30.0 Å². The van der Waals surface area contributed by atoms with Crippen molar-refractivity contribution in [2.24, 2.45) is 0 Å². The predicted octanol–water partition coefficient (Wildman–Crippen LogP) is 2.97. The molecule has 4 nitrogen and oxygen atoms in total. The van der Waals surface area contributed by atoms with Gasteiger partial charge in [-0.15, -0.1) is 0 Å². The van der Waals surface area contributed by atoms with Crippen LogP contribution in [0.5, 0.6) is 5.75 Å². The molecule has 0 aliphatic rings. The maximum atomic E-state index is 5.44. The third-order valence-corrected chi connectivity index (χ3v) is 2.60. The van der Waals surface area contributed by atoms with Gasteiger partial charge in [0.1, 0.15) is 12.0 Å². The average molecular weight is 243 g/mol. The second-order valence-electron chi connectivity index (χ2n) is 3.90. The monoisotopic (exact) mass is 243 g/mol. The van der Waals surface area contributed by atoms with Gasteiger partial charge >= 0.3 is 0 Å². The molecular weight excluding hydrogens is 226 g/mol. The molecule has 1 aromatic heterocycles. The van der Waals surface area contributed by atoms with Crippen LogP contribution in [0, 0.1) is 0 Å². The van der Waals surface area contributed by atoms with Gasteiger partial charge in [-0.2, -0.15) is 0 Å². The molecule has 0 unspecified atom stereocenters. The topological polar surface area (TPSA) is 47.0 Å². The van der Waals surface area contributed by atoms with Crippen LogP contribution >= 0.6 is 0 Å². The molecule has 18 heavy (non-hydrogen) atoms. The summed E-state index contributed by atoms with van der Waals surface area (Å²) in [6, 6.07) is 9.96. The van der Waals surface area contributed by atoms with Crippen molar-refractivity contribution in [2.45, 2.75) is 13.3 Å². The molecule has 0 aliphatic heterocycles. The highest BCUT2D eigenvalue weighted by molar-refractivity contribution is 5.72. The number of aromatic nitrogens is 2. The van der Waals surface area contributed by atoms with Gasteiger partial charge in [-0.3, -0.25) is 0 Å². The summed E-state index contributed by atoms with van der Waals surface area (Å²) in [5.74, 6) is 1.44. The zero-order valence-corrected chi connectivity index (χ0v) is 10.7. The molecule has 94 valence electrons. The summed E-state index contributed by atoms with van der Waals surface area (Å²) in [7, 11) is 1.64. The highest BCUT2D eigenvalue weighted by atomic mass is 16.5. The van der Waals surface area contributed by atoms with E-state index in [1.165, 1.54) is 0 Å². The first-order chi connectivity index (χ1) is 8.86. The number of nitrogens with one attached hydrogen (secondary N) is 1. The SMILES string of the molecule is CCCNc1ncnc(-c2ccccc2)c1OC. The molecule has 0 saturated heterocycles. The number of hydrogen-bond donors (Lipinski definition) is 1. The highest BCUT2D eigenvalue weighted by Gasteiger charge is 2.12. The van der Waals surface area contributed by atoms with E-state index >= 15 is 0 Å². The normalized spacial score (nSPS) is 10.1. The first-order valence-corrected chi connectivity index (χ1v) is 6.05. The first-order valence-electron chi connectivity index (χ1n) is 6.05. The Balaban J connectivity index is 2.41. The molecule has 0 bridgehead atoms. The van der Waals surface area contributed by atoms with Gasteiger partial charge in [0.15, 0.2) is 11.6 Å². The molecule has 1 aromatic carbocycles. The van der Waals surface area contributed by atoms with Crippen molar-refractivity contribution in [1.29, 1.82) is 0 Å². The van der Waals surface area contributed by atoms with Crippen LogP contribution in [0.3, 0.4) is 0 Å². The smallest absolute Gasteiger partial charge is 0.187 e. The average Bonchev–Trinajstić information content (AvgIpc) is 2.45. The summed E-state index contributed by atoms with van der Waals surface area (Å²) < 4.78 is 5.44. The number of nitrogens with zero attached hydrogens (tertiary/aromatic N) is 2. The molecule has 1 heterocycles. The lowest BCUT2D eigenvalue weighted by Gasteiger charge is -2.12. The van der Waals surface area contributed by atoms with Gasteiger partial charge in [0, 0.05) is 12.1 Å². The second kappa shape index (κ2) is 6.00. The van der Waals surface area contributed by atoms with Crippen LogP contribution in [0.4, 0.5) is 5.82 Å². The van der Waals surface area contributed by atoms with Gasteiger partial charge in [0.25, 0.3) is 0 Å². The van der Waals surface area contributed by atoms with Crippen LogP contribution in [-0.4, -0.2) is 23.6 Å². The van der Waals surface area contributed by atoms with Crippen molar-refractivity contribution < 1.29 is 4.74 Å². The number of benzene rings is 1. The van der Waals surface area contributed by atoms with E-state index < -0.39 is 0 Å². The molecule has 0 saturated carbocycles. The summed E-state index contributed by atoms with van der Waals surface area (Å²) in [6.07, 6.45) is 2.59. The molecule has 2 rings (SSSR count). The van der Waals surface area contributed by atoms with Gasteiger partial charge < -0.3 is 10.1 Å². The molecular formula is C14H17N3O. The lowest BCUT2D eigenvalue weighted by atomic mass is 10.1. The van der Waals surface area contributed by atoms with E-state index in [1.54, 1.807) is 13.4 Å². The minimum atomic E-state index is 0.692. The largest absolute Gasteiger partial charge is 0.491 e. The highest BCUT2D eigenvalue weighted by Crippen LogP contribution is 2.32. The number of rotatable bonds is 5. The molecule has 0 amide bonds. The van der Waals surface area contributed by atoms with Crippen molar-refractivity contribution in [3.05, 3.63) is 36.7 Å². The number of hydrogen-bond acceptors (Lipinski definition) is 4. The van der Waals surface area contributed by atoms with E-state index in [2.05, 4.69) is 22.2 Å².